The Morgan fingerprint density at radius 3 is 2.52 bits per heavy atom. The molecule has 168 valence electrons. The molecule has 1 atom stereocenters. The van der Waals surface area contributed by atoms with Gasteiger partial charge in [-0.15, -0.1) is 0 Å². The summed E-state index contributed by atoms with van der Waals surface area (Å²) in [6, 6.07) is 20.8. The summed E-state index contributed by atoms with van der Waals surface area (Å²) in [6.45, 7) is 1.48. The minimum absolute atomic E-state index is 0.360. The molecule has 0 saturated carbocycles. The number of ether oxygens (including phenoxy) is 2. The van der Waals surface area contributed by atoms with Crippen LogP contribution in [0.5, 0.6) is 5.75 Å². The van der Waals surface area contributed by atoms with E-state index >= 15 is 0 Å². The summed E-state index contributed by atoms with van der Waals surface area (Å²) in [7, 11) is 1.50. The molecule has 1 heterocycles. The van der Waals surface area contributed by atoms with E-state index in [1.807, 2.05) is 13.0 Å². The van der Waals surface area contributed by atoms with Crippen molar-refractivity contribution in [3.8, 4) is 5.75 Å². The number of methoxy groups -OCH3 is 1. The normalized spacial score (nSPS) is 11.7. The van der Waals surface area contributed by atoms with Gasteiger partial charge in [0.15, 0.2) is 5.58 Å². The molecule has 1 aromatic heterocycles. The average molecular weight is 446 g/mol. The van der Waals surface area contributed by atoms with Crippen LogP contribution in [0.15, 0.2) is 82.0 Å². The monoisotopic (exact) mass is 446 g/mol. The van der Waals surface area contributed by atoms with Crippen LogP contribution in [-0.4, -0.2) is 23.6 Å². The Morgan fingerprint density at radius 2 is 1.76 bits per heavy atom. The Labute approximate surface area is 189 Å². The summed E-state index contributed by atoms with van der Waals surface area (Å²) >= 11 is 0. The fourth-order valence-corrected chi connectivity index (χ4v) is 3.48. The van der Waals surface area contributed by atoms with E-state index in [1.165, 1.54) is 11.7 Å². The molecule has 4 aromatic rings. The Morgan fingerprint density at radius 1 is 1.03 bits per heavy atom. The van der Waals surface area contributed by atoms with E-state index in [4.69, 9.17) is 13.9 Å². The van der Waals surface area contributed by atoms with Gasteiger partial charge in [0, 0.05) is 5.56 Å². The number of hydrogen-bond acceptors (Lipinski definition) is 6. The number of anilines is 1. The second-order valence-electron chi connectivity index (χ2n) is 7.40. The summed E-state index contributed by atoms with van der Waals surface area (Å²) in [5, 5.41) is 2.78. The number of aryl methyl sites for hydroxylation is 1. The SMILES string of the molecule is COc1ccc(C)cc1NC(=O)C(OC(=O)Cn1c(=O)oc2ccccc21)c1ccccc1. The van der Waals surface area contributed by atoms with Crippen LogP contribution >= 0.6 is 0 Å². The second kappa shape index (κ2) is 9.44. The molecule has 0 aliphatic rings. The van der Waals surface area contributed by atoms with Crippen molar-refractivity contribution in [1.82, 2.24) is 4.57 Å². The maximum Gasteiger partial charge on any atom is 0.420 e. The largest absolute Gasteiger partial charge is 0.495 e. The van der Waals surface area contributed by atoms with E-state index < -0.39 is 30.3 Å². The van der Waals surface area contributed by atoms with Crippen molar-refractivity contribution < 1.29 is 23.5 Å². The average Bonchev–Trinajstić information content (AvgIpc) is 3.13. The maximum absolute atomic E-state index is 13.2. The highest BCUT2D eigenvalue weighted by molar-refractivity contribution is 5.97. The van der Waals surface area contributed by atoms with Crippen LogP contribution in [0.4, 0.5) is 5.69 Å². The zero-order chi connectivity index (χ0) is 23.4. The third kappa shape index (κ3) is 4.79. The number of amides is 1. The number of fused-ring (bicyclic) bond motifs is 1. The summed E-state index contributed by atoms with van der Waals surface area (Å²) in [6.07, 6.45) is -1.24. The highest BCUT2D eigenvalue weighted by Gasteiger charge is 2.27. The Bertz CT molecular complexity index is 1360. The van der Waals surface area contributed by atoms with E-state index in [2.05, 4.69) is 5.32 Å². The standard InChI is InChI=1S/C25H22N2O6/c1-16-12-13-20(31-2)18(14-16)26-24(29)23(17-8-4-3-5-9-17)33-22(28)15-27-19-10-6-7-11-21(19)32-25(27)30/h3-14,23H,15H2,1-2H3,(H,26,29). The van der Waals surface area contributed by atoms with Gasteiger partial charge in [0.1, 0.15) is 12.3 Å². The molecular weight excluding hydrogens is 424 g/mol. The summed E-state index contributed by atoms with van der Waals surface area (Å²) in [5.41, 5.74) is 2.69. The number of esters is 1. The lowest BCUT2D eigenvalue weighted by Crippen LogP contribution is -2.29. The zero-order valence-corrected chi connectivity index (χ0v) is 18.1. The molecule has 8 heteroatoms. The third-order valence-corrected chi connectivity index (χ3v) is 5.06. The number of hydrogen-bond donors (Lipinski definition) is 1. The van der Waals surface area contributed by atoms with Crippen LogP contribution in [0.25, 0.3) is 11.1 Å². The van der Waals surface area contributed by atoms with E-state index in [9.17, 15) is 14.4 Å². The first-order chi connectivity index (χ1) is 16.0. The molecule has 0 spiro atoms. The fraction of sp³-hybridized carbons (Fsp3) is 0.160. The van der Waals surface area contributed by atoms with Gasteiger partial charge in [-0.05, 0) is 36.8 Å². The number of aromatic nitrogens is 1. The molecular formula is C25H22N2O6. The number of nitrogens with one attached hydrogen (secondary N) is 1. The first kappa shape index (κ1) is 21.9. The predicted octanol–water partition coefficient (Wildman–Crippen LogP) is 3.83. The Hall–Kier alpha value is -4.33. The van der Waals surface area contributed by atoms with Crippen LogP contribution in [-0.2, 0) is 20.9 Å². The van der Waals surface area contributed by atoms with E-state index in [-0.39, 0.29) is 0 Å². The molecule has 1 amide bonds. The smallest absolute Gasteiger partial charge is 0.420 e. The highest BCUT2D eigenvalue weighted by Crippen LogP contribution is 2.28. The van der Waals surface area contributed by atoms with Gasteiger partial charge in [0.25, 0.3) is 5.91 Å². The number of para-hydroxylation sites is 2. The van der Waals surface area contributed by atoms with Crippen LogP contribution in [0, 0.1) is 6.92 Å². The van der Waals surface area contributed by atoms with Crippen molar-refractivity contribution in [1.29, 1.82) is 0 Å². The molecule has 0 aliphatic heterocycles. The molecule has 0 fully saturated rings. The van der Waals surface area contributed by atoms with Crippen LogP contribution in [0.1, 0.15) is 17.2 Å². The van der Waals surface area contributed by atoms with Crippen molar-refractivity contribution in [2.24, 2.45) is 0 Å². The number of nitrogens with zero attached hydrogens (tertiary/aromatic N) is 1. The summed E-state index contributed by atoms with van der Waals surface area (Å²) in [4.78, 5) is 38.2. The van der Waals surface area contributed by atoms with Crippen molar-refractivity contribution >= 4 is 28.7 Å². The van der Waals surface area contributed by atoms with Gasteiger partial charge in [-0.1, -0.05) is 48.5 Å². The van der Waals surface area contributed by atoms with Gasteiger partial charge < -0.3 is 19.2 Å². The van der Waals surface area contributed by atoms with E-state index in [1.54, 1.807) is 66.7 Å². The Balaban J connectivity index is 1.59. The topological polar surface area (TPSA) is 99.8 Å². The summed E-state index contributed by atoms with van der Waals surface area (Å²) < 4.78 is 17.2. The number of carbonyl (C=O) groups is 2. The van der Waals surface area contributed by atoms with Crippen LogP contribution in [0.2, 0.25) is 0 Å². The van der Waals surface area contributed by atoms with Gasteiger partial charge in [-0.2, -0.15) is 0 Å². The van der Waals surface area contributed by atoms with E-state index in [0.29, 0.717) is 28.1 Å². The van der Waals surface area contributed by atoms with Crippen molar-refractivity contribution in [3.05, 3.63) is 94.5 Å². The van der Waals surface area contributed by atoms with Gasteiger partial charge in [0.05, 0.1) is 18.3 Å². The maximum atomic E-state index is 13.2. The number of oxazole rings is 1. The second-order valence-corrected chi connectivity index (χ2v) is 7.40. The van der Waals surface area contributed by atoms with Crippen molar-refractivity contribution in [2.75, 3.05) is 12.4 Å². The third-order valence-electron chi connectivity index (χ3n) is 5.06. The molecule has 4 rings (SSSR count). The van der Waals surface area contributed by atoms with E-state index in [0.717, 1.165) is 5.56 Å². The fourth-order valence-electron chi connectivity index (χ4n) is 3.48. The molecule has 0 radical (unpaired) electrons. The quantitative estimate of drug-likeness (QED) is 0.433. The molecule has 0 saturated heterocycles. The lowest BCUT2D eigenvalue weighted by atomic mass is 10.1. The van der Waals surface area contributed by atoms with Gasteiger partial charge in [-0.25, -0.2) is 4.79 Å². The minimum Gasteiger partial charge on any atom is -0.495 e. The van der Waals surface area contributed by atoms with Crippen LogP contribution in [0.3, 0.4) is 0 Å². The molecule has 0 aliphatic carbocycles. The predicted molar refractivity (Wildman–Crippen MR) is 122 cm³/mol. The molecule has 8 nitrogen and oxygen atoms in total. The minimum atomic E-state index is -1.24. The van der Waals surface area contributed by atoms with Gasteiger partial charge >= 0.3 is 11.7 Å². The molecule has 1 N–H and O–H groups in total. The van der Waals surface area contributed by atoms with Crippen LogP contribution < -0.4 is 15.8 Å². The van der Waals surface area contributed by atoms with Gasteiger partial charge in [-0.3, -0.25) is 14.2 Å². The lowest BCUT2D eigenvalue weighted by molar-refractivity contribution is -0.155. The first-order valence-corrected chi connectivity index (χ1v) is 10.2. The first-order valence-electron chi connectivity index (χ1n) is 10.2. The Kier molecular flexibility index (Phi) is 6.26. The van der Waals surface area contributed by atoms with Crippen molar-refractivity contribution in [3.63, 3.8) is 0 Å². The number of rotatable bonds is 7. The summed E-state index contributed by atoms with van der Waals surface area (Å²) in [5.74, 6) is -1.52. The number of carbonyl (C=O) groups excluding carboxylic acids is 2. The van der Waals surface area contributed by atoms with Crippen molar-refractivity contribution in [2.45, 2.75) is 19.6 Å². The zero-order valence-electron chi connectivity index (χ0n) is 18.1. The molecule has 1 unspecified atom stereocenters. The highest BCUT2D eigenvalue weighted by atomic mass is 16.5. The van der Waals surface area contributed by atoms with Gasteiger partial charge in [0.2, 0.25) is 6.10 Å². The number of benzene rings is 3. The lowest BCUT2D eigenvalue weighted by Gasteiger charge is -2.19. The molecule has 0 bridgehead atoms. The molecule has 3 aromatic carbocycles. The molecule has 33 heavy (non-hydrogen) atoms.